The highest BCUT2D eigenvalue weighted by Gasteiger charge is 2.31. The zero-order valence-corrected chi connectivity index (χ0v) is 32.1. The highest BCUT2D eigenvalue weighted by molar-refractivity contribution is 6.34. The molecule has 286 valence electrons. The van der Waals surface area contributed by atoms with Crippen LogP contribution in [-0.2, 0) is 9.53 Å². The minimum absolute atomic E-state index is 0.120. The average molecular weight is 763 g/mol. The highest BCUT2D eigenvalue weighted by Crippen LogP contribution is 2.29. The van der Waals surface area contributed by atoms with Gasteiger partial charge in [0.15, 0.2) is 0 Å². The number of hydrogen-bond acceptors (Lipinski definition) is 9. The Balaban J connectivity index is 1.32. The average Bonchev–Trinajstić information content (AvgIpc) is 3.23. The molecule has 5 rings (SSSR count). The maximum atomic E-state index is 14.1. The maximum absolute atomic E-state index is 14.1. The number of Topliss-reactive ketones (excluding diaryl/α,β-unsaturated/α-hetero) is 1. The van der Waals surface area contributed by atoms with Crippen molar-refractivity contribution in [3.05, 3.63) is 120 Å². The Kier molecular flexibility index (Phi) is 15.7. The van der Waals surface area contributed by atoms with Crippen molar-refractivity contribution in [3.8, 4) is 34.3 Å². The standard InChI is InChI=1S/C44H47ClN4O6/c1-3-4-5-6-7-8-9-10-11-16-27-54-44(52)32-21-24-35(45)38(28-32)49-43(51)42(41(50)31-19-22-33(53-2)23-20-31)55-34-29-39(36-17-12-14-25-46-36)48-40(30-34)37-18-13-15-26-47-37/h12-15,17-26,28-30,42H,3-11,16,27H2,1-2H3,(H,49,51). The lowest BCUT2D eigenvalue weighted by atomic mass is 10.0. The minimum Gasteiger partial charge on any atom is -0.497 e. The second kappa shape index (κ2) is 21.3. The molecule has 1 atom stereocenters. The van der Waals surface area contributed by atoms with Crippen molar-refractivity contribution in [2.75, 3.05) is 19.0 Å². The predicted octanol–water partition coefficient (Wildman–Crippen LogP) is 10.2. The lowest BCUT2D eigenvalue weighted by molar-refractivity contribution is -0.120. The van der Waals surface area contributed by atoms with Crippen LogP contribution in [0.4, 0.5) is 5.69 Å². The van der Waals surface area contributed by atoms with Crippen LogP contribution in [-0.4, -0.2) is 52.4 Å². The van der Waals surface area contributed by atoms with E-state index in [-0.39, 0.29) is 27.6 Å². The van der Waals surface area contributed by atoms with Crippen LogP contribution in [0.2, 0.25) is 5.02 Å². The van der Waals surface area contributed by atoms with Crippen LogP contribution in [0, 0.1) is 0 Å². The lowest BCUT2D eigenvalue weighted by Crippen LogP contribution is -2.40. The topological polar surface area (TPSA) is 130 Å². The molecule has 0 radical (unpaired) electrons. The molecule has 1 amide bonds. The van der Waals surface area contributed by atoms with E-state index in [1.807, 2.05) is 12.1 Å². The summed E-state index contributed by atoms with van der Waals surface area (Å²) in [6, 6.07) is 24.8. The Morgan fingerprint density at radius 2 is 1.25 bits per heavy atom. The largest absolute Gasteiger partial charge is 0.497 e. The Hall–Kier alpha value is -5.61. The van der Waals surface area contributed by atoms with E-state index in [9.17, 15) is 14.4 Å². The lowest BCUT2D eigenvalue weighted by Gasteiger charge is -2.20. The van der Waals surface area contributed by atoms with E-state index in [2.05, 4.69) is 22.2 Å². The molecule has 0 saturated heterocycles. The molecule has 0 bridgehead atoms. The molecule has 0 saturated carbocycles. The number of ketones is 1. The number of ether oxygens (including phenoxy) is 3. The first-order chi connectivity index (χ1) is 26.9. The summed E-state index contributed by atoms with van der Waals surface area (Å²) in [5, 5.41) is 2.88. The van der Waals surface area contributed by atoms with Gasteiger partial charge in [0.25, 0.3) is 5.91 Å². The van der Waals surface area contributed by atoms with Gasteiger partial charge < -0.3 is 19.5 Å². The first kappa shape index (κ1) is 40.6. The summed E-state index contributed by atoms with van der Waals surface area (Å²) in [5.74, 6) is -1.26. The number of amides is 1. The van der Waals surface area contributed by atoms with Crippen LogP contribution in [0.15, 0.2) is 103 Å². The van der Waals surface area contributed by atoms with E-state index in [0.29, 0.717) is 35.1 Å². The summed E-state index contributed by atoms with van der Waals surface area (Å²) in [5.41, 5.74) is 2.53. The molecule has 10 nitrogen and oxygen atoms in total. The minimum atomic E-state index is -1.69. The highest BCUT2D eigenvalue weighted by atomic mass is 35.5. The van der Waals surface area contributed by atoms with E-state index in [4.69, 9.17) is 30.8 Å². The van der Waals surface area contributed by atoms with E-state index in [1.165, 1.54) is 70.3 Å². The van der Waals surface area contributed by atoms with Crippen molar-refractivity contribution < 1.29 is 28.6 Å². The van der Waals surface area contributed by atoms with Crippen LogP contribution in [0.1, 0.15) is 91.8 Å². The molecule has 0 aliphatic rings. The Morgan fingerprint density at radius 1 is 0.673 bits per heavy atom. The number of aromatic nitrogens is 3. The second-order valence-electron chi connectivity index (χ2n) is 13.1. The molecule has 5 aromatic rings. The molecular formula is C44H47ClN4O6. The van der Waals surface area contributed by atoms with Crippen LogP contribution < -0.4 is 14.8 Å². The number of rotatable bonds is 21. The van der Waals surface area contributed by atoms with Gasteiger partial charge in [0.2, 0.25) is 11.9 Å². The first-order valence-corrected chi connectivity index (χ1v) is 19.2. The van der Waals surface area contributed by atoms with E-state index >= 15 is 0 Å². The van der Waals surface area contributed by atoms with Gasteiger partial charge >= 0.3 is 5.97 Å². The van der Waals surface area contributed by atoms with Crippen molar-refractivity contribution in [2.24, 2.45) is 0 Å². The number of methoxy groups -OCH3 is 1. The molecule has 2 aromatic carbocycles. The van der Waals surface area contributed by atoms with E-state index < -0.39 is 23.8 Å². The molecular weight excluding hydrogens is 716 g/mol. The van der Waals surface area contributed by atoms with Gasteiger partial charge in [-0.3, -0.25) is 19.6 Å². The van der Waals surface area contributed by atoms with Crippen molar-refractivity contribution in [2.45, 2.75) is 77.2 Å². The number of carbonyl (C=O) groups is 3. The number of benzene rings is 2. The fourth-order valence-electron chi connectivity index (χ4n) is 5.92. The summed E-state index contributed by atoms with van der Waals surface area (Å²) < 4.78 is 17.1. The van der Waals surface area contributed by atoms with Crippen LogP contribution in [0.5, 0.6) is 11.5 Å². The van der Waals surface area contributed by atoms with Gasteiger partial charge in [0.05, 0.1) is 52.8 Å². The van der Waals surface area contributed by atoms with Gasteiger partial charge in [0.1, 0.15) is 11.5 Å². The number of esters is 1. The van der Waals surface area contributed by atoms with Crippen molar-refractivity contribution in [1.29, 1.82) is 0 Å². The molecule has 55 heavy (non-hydrogen) atoms. The van der Waals surface area contributed by atoms with Gasteiger partial charge in [-0.25, -0.2) is 9.78 Å². The van der Waals surface area contributed by atoms with E-state index in [0.717, 1.165) is 19.3 Å². The number of nitrogens with one attached hydrogen (secondary N) is 1. The summed E-state index contributed by atoms with van der Waals surface area (Å²) >= 11 is 6.51. The number of nitrogens with zero attached hydrogens (tertiary/aromatic N) is 3. The zero-order chi connectivity index (χ0) is 38.8. The normalized spacial score (nSPS) is 11.4. The molecule has 1 unspecified atom stereocenters. The molecule has 0 aliphatic carbocycles. The van der Waals surface area contributed by atoms with Gasteiger partial charge in [0, 0.05) is 30.1 Å². The van der Waals surface area contributed by atoms with Gasteiger partial charge in [-0.15, -0.1) is 0 Å². The fourth-order valence-corrected chi connectivity index (χ4v) is 6.08. The summed E-state index contributed by atoms with van der Waals surface area (Å²) in [4.78, 5) is 54.7. The third kappa shape index (κ3) is 12.2. The fraction of sp³-hybridized carbons (Fsp3) is 0.318. The number of pyridine rings is 3. The monoisotopic (exact) mass is 762 g/mol. The molecule has 1 N–H and O–H groups in total. The molecule has 3 heterocycles. The van der Waals surface area contributed by atoms with Crippen LogP contribution >= 0.6 is 11.6 Å². The van der Waals surface area contributed by atoms with E-state index in [1.54, 1.807) is 73.1 Å². The summed E-state index contributed by atoms with van der Waals surface area (Å²) in [6.45, 7) is 2.51. The predicted molar refractivity (Wildman–Crippen MR) is 215 cm³/mol. The van der Waals surface area contributed by atoms with Crippen LogP contribution in [0.25, 0.3) is 22.8 Å². The van der Waals surface area contributed by atoms with Crippen molar-refractivity contribution in [1.82, 2.24) is 15.0 Å². The number of unbranched alkanes of at least 4 members (excludes halogenated alkanes) is 9. The number of carbonyl (C=O) groups excluding carboxylic acids is 3. The van der Waals surface area contributed by atoms with Gasteiger partial charge in [-0.2, -0.15) is 0 Å². The van der Waals surface area contributed by atoms with Crippen LogP contribution in [0.3, 0.4) is 0 Å². The Bertz CT molecular complexity index is 1940. The van der Waals surface area contributed by atoms with Gasteiger partial charge in [-0.1, -0.05) is 88.4 Å². The molecule has 0 fully saturated rings. The maximum Gasteiger partial charge on any atom is 0.338 e. The summed E-state index contributed by atoms with van der Waals surface area (Å²) in [7, 11) is 1.52. The smallest absolute Gasteiger partial charge is 0.338 e. The third-order valence-corrected chi connectivity index (χ3v) is 9.28. The number of halogens is 1. The summed E-state index contributed by atoms with van der Waals surface area (Å²) in [6.07, 6.45) is 13.3. The quantitative estimate of drug-likeness (QED) is 0.0336. The third-order valence-electron chi connectivity index (χ3n) is 8.95. The molecule has 11 heteroatoms. The zero-order valence-electron chi connectivity index (χ0n) is 31.3. The number of anilines is 1. The molecule has 0 aliphatic heterocycles. The second-order valence-corrected chi connectivity index (χ2v) is 13.5. The van der Waals surface area contributed by atoms with Gasteiger partial charge in [-0.05, 0) is 73.2 Å². The first-order valence-electron chi connectivity index (χ1n) is 18.8. The molecule has 0 spiro atoms. The van der Waals surface area contributed by atoms with Crippen molar-refractivity contribution >= 4 is 34.9 Å². The Labute approximate surface area is 327 Å². The molecule has 3 aromatic heterocycles. The SMILES string of the molecule is CCCCCCCCCCCCOC(=O)c1ccc(Cl)c(NC(=O)C(Oc2cc(-c3ccccn3)nc(-c3ccccn3)c2)C(=O)c2ccc(OC)cc2)c1. The number of hydrogen-bond donors (Lipinski definition) is 1. The Morgan fingerprint density at radius 3 is 1.82 bits per heavy atom. The van der Waals surface area contributed by atoms with Crippen molar-refractivity contribution in [3.63, 3.8) is 0 Å².